The summed E-state index contributed by atoms with van der Waals surface area (Å²) in [6, 6.07) is 3.88. The van der Waals surface area contributed by atoms with Gasteiger partial charge in [0.2, 0.25) is 0 Å². The molecule has 0 amide bonds. The first-order valence-electron chi connectivity index (χ1n) is 4.46. The molecule has 0 saturated carbocycles. The number of pyridine rings is 1. The molecular formula is C9H11NO3S. The second-order valence-electron chi connectivity index (χ2n) is 3.02. The largest absolute Gasteiger partial charge is 0.305 e. The topological polar surface area (TPSA) is 48.4 Å². The van der Waals surface area contributed by atoms with E-state index in [4.69, 9.17) is 8.37 Å². The number of nitrogens with zero attached hydrogens (tertiary/aromatic N) is 1. The van der Waals surface area contributed by atoms with Crippen LogP contribution in [0.1, 0.15) is 24.3 Å². The average molecular weight is 213 g/mol. The van der Waals surface area contributed by atoms with Crippen LogP contribution in [0.5, 0.6) is 0 Å². The number of hydrogen-bond donors (Lipinski definition) is 0. The van der Waals surface area contributed by atoms with Crippen LogP contribution in [0.4, 0.5) is 0 Å². The van der Waals surface area contributed by atoms with Gasteiger partial charge in [0.05, 0.1) is 12.3 Å². The zero-order valence-electron chi connectivity index (χ0n) is 7.80. The van der Waals surface area contributed by atoms with Crippen LogP contribution in [0.3, 0.4) is 0 Å². The molecule has 1 aliphatic heterocycles. The summed E-state index contributed by atoms with van der Waals surface area (Å²) in [5.74, 6) is 0. The van der Waals surface area contributed by atoms with Crippen LogP contribution in [0.15, 0.2) is 18.3 Å². The van der Waals surface area contributed by atoms with Gasteiger partial charge < -0.3 is 0 Å². The van der Waals surface area contributed by atoms with Gasteiger partial charge in [-0.1, -0.05) is 13.0 Å². The molecule has 76 valence electrons. The van der Waals surface area contributed by atoms with Crippen molar-refractivity contribution < 1.29 is 12.6 Å². The molecule has 2 heterocycles. The molecule has 1 fully saturated rings. The minimum atomic E-state index is -1.60. The molecule has 0 radical (unpaired) electrons. The van der Waals surface area contributed by atoms with Gasteiger partial charge in [-0.25, -0.2) is 0 Å². The van der Waals surface area contributed by atoms with Crippen LogP contribution in [0, 0.1) is 0 Å². The Kier molecular flexibility index (Phi) is 2.90. The summed E-state index contributed by atoms with van der Waals surface area (Å²) in [6.07, 6.45) is 2.47. The van der Waals surface area contributed by atoms with E-state index < -0.39 is 11.4 Å². The molecular weight excluding hydrogens is 202 g/mol. The maximum atomic E-state index is 10.8. The third kappa shape index (κ3) is 2.00. The SMILES string of the molecule is CCc1ccc([C@@H]2CO[S@@](=O)O2)nc1. The molecule has 0 aliphatic carbocycles. The molecule has 14 heavy (non-hydrogen) atoms. The molecule has 2 atom stereocenters. The molecule has 5 heteroatoms. The van der Waals surface area contributed by atoms with Gasteiger partial charge in [-0.2, -0.15) is 4.21 Å². The summed E-state index contributed by atoms with van der Waals surface area (Å²) in [6.45, 7) is 2.38. The van der Waals surface area contributed by atoms with Crippen LogP contribution >= 0.6 is 0 Å². The molecule has 0 spiro atoms. The maximum absolute atomic E-state index is 10.8. The second kappa shape index (κ2) is 4.16. The quantitative estimate of drug-likeness (QED) is 0.743. The molecule has 1 aromatic rings. The number of rotatable bonds is 2. The lowest BCUT2D eigenvalue weighted by atomic mass is 10.2. The van der Waals surface area contributed by atoms with Crippen LogP contribution in [0.2, 0.25) is 0 Å². The Morgan fingerprint density at radius 2 is 2.50 bits per heavy atom. The van der Waals surface area contributed by atoms with Gasteiger partial charge in [0, 0.05) is 6.20 Å². The Balaban J connectivity index is 2.13. The summed E-state index contributed by atoms with van der Waals surface area (Å²) in [5.41, 5.74) is 1.95. The van der Waals surface area contributed by atoms with E-state index in [2.05, 4.69) is 11.9 Å². The fourth-order valence-electron chi connectivity index (χ4n) is 1.24. The van der Waals surface area contributed by atoms with Crippen LogP contribution in [-0.4, -0.2) is 15.8 Å². The van der Waals surface area contributed by atoms with Gasteiger partial charge in [0.1, 0.15) is 6.10 Å². The van der Waals surface area contributed by atoms with E-state index in [9.17, 15) is 4.21 Å². The predicted octanol–water partition coefficient (Wildman–Crippen LogP) is 1.31. The minimum absolute atomic E-state index is 0.290. The van der Waals surface area contributed by atoms with Crippen LogP contribution in [0.25, 0.3) is 0 Å². The number of aromatic nitrogens is 1. The Labute approximate surface area is 85.1 Å². The monoisotopic (exact) mass is 213 g/mol. The van der Waals surface area contributed by atoms with Crippen LogP contribution in [-0.2, 0) is 26.1 Å². The van der Waals surface area contributed by atoms with E-state index in [1.165, 1.54) is 5.56 Å². The van der Waals surface area contributed by atoms with E-state index in [0.717, 1.165) is 12.1 Å². The Morgan fingerprint density at radius 1 is 1.64 bits per heavy atom. The van der Waals surface area contributed by atoms with E-state index in [1.54, 1.807) is 6.20 Å². The maximum Gasteiger partial charge on any atom is 0.305 e. The Hall–Kier alpha value is -0.780. The van der Waals surface area contributed by atoms with Crippen molar-refractivity contribution in [2.24, 2.45) is 0 Å². The summed E-state index contributed by atoms with van der Waals surface area (Å²) in [5, 5.41) is 0. The normalized spacial score (nSPS) is 26.6. The minimum Gasteiger partial charge on any atom is -0.265 e. The lowest BCUT2D eigenvalue weighted by molar-refractivity contribution is 0.240. The third-order valence-corrected chi connectivity index (χ3v) is 2.81. The van der Waals surface area contributed by atoms with E-state index in [1.807, 2.05) is 12.1 Å². The summed E-state index contributed by atoms with van der Waals surface area (Å²) < 4.78 is 20.6. The second-order valence-corrected chi connectivity index (χ2v) is 3.85. The van der Waals surface area contributed by atoms with E-state index in [0.29, 0.717) is 6.61 Å². The average Bonchev–Trinajstić information content (AvgIpc) is 2.65. The highest BCUT2D eigenvalue weighted by Crippen LogP contribution is 2.23. The third-order valence-electron chi connectivity index (χ3n) is 2.10. The van der Waals surface area contributed by atoms with Crippen molar-refractivity contribution in [2.45, 2.75) is 19.4 Å². The highest BCUT2D eigenvalue weighted by atomic mass is 32.2. The molecule has 1 aliphatic rings. The molecule has 0 bridgehead atoms. The molecule has 2 rings (SSSR count). The van der Waals surface area contributed by atoms with Crippen molar-refractivity contribution in [1.29, 1.82) is 0 Å². The number of hydrogen-bond acceptors (Lipinski definition) is 4. The summed E-state index contributed by atoms with van der Waals surface area (Å²) in [7, 11) is 0. The van der Waals surface area contributed by atoms with Crippen LogP contribution < -0.4 is 0 Å². The summed E-state index contributed by atoms with van der Waals surface area (Å²) in [4.78, 5) is 4.23. The van der Waals surface area contributed by atoms with Crippen molar-refractivity contribution in [3.05, 3.63) is 29.6 Å². The number of aryl methyl sites for hydroxylation is 1. The molecule has 4 nitrogen and oxygen atoms in total. The van der Waals surface area contributed by atoms with Crippen molar-refractivity contribution in [2.75, 3.05) is 6.61 Å². The summed E-state index contributed by atoms with van der Waals surface area (Å²) >= 11 is -1.60. The molecule has 1 aromatic heterocycles. The van der Waals surface area contributed by atoms with Gasteiger partial charge in [-0.3, -0.25) is 13.4 Å². The standard InChI is InChI=1S/C9H11NO3S/c1-2-7-3-4-8(10-5-7)9-6-12-14(11)13-9/h3-5,9H,2,6H2,1H3/t9-,14+/m0/s1. The lowest BCUT2D eigenvalue weighted by Gasteiger charge is -2.04. The molecule has 0 unspecified atom stereocenters. The fraction of sp³-hybridized carbons (Fsp3) is 0.444. The first-order valence-corrected chi connectivity index (χ1v) is 5.46. The van der Waals surface area contributed by atoms with Gasteiger partial charge in [-0.15, -0.1) is 0 Å². The Morgan fingerprint density at radius 3 is 3.00 bits per heavy atom. The molecule has 0 N–H and O–H groups in total. The van der Waals surface area contributed by atoms with Gasteiger partial charge in [-0.05, 0) is 18.1 Å². The highest BCUT2D eigenvalue weighted by Gasteiger charge is 2.25. The zero-order valence-corrected chi connectivity index (χ0v) is 8.62. The van der Waals surface area contributed by atoms with Gasteiger partial charge in [0.25, 0.3) is 0 Å². The fourth-order valence-corrected chi connectivity index (χ4v) is 1.87. The molecule has 1 saturated heterocycles. The first kappa shape index (κ1) is 9.76. The van der Waals surface area contributed by atoms with E-state index in [-0.39, 0.29) is 6.10 Å². The first-order chi connectivity index (χ1) is 6.79. The lowest BCUT2D eigenvalue weighted by Crippen LogP contribution is -2.02. The molecule has 0 aromatic carbocycles. The Bertz CT molecular complexity index is 338. The highest BCUT2D eigenvalue weighted by molar-refractivity contribution is 7.75. The van der Waals surface area contributed by atoms with Crippen molar-refractivity contribution >= 4 is 11.4 Å². The van der Waals surface area contributed by atoms with Gasteiger partial charge >= 0.3 is 11.4 Å². The van der Waals surface area contributed by atoms with E-state index >= 15 is 0 Å². The van der Waals surface area contributed by atoms with Crippen molar-refractivity contribution in [1.82, 2.24) is 4.98 Å². The predicted molar refractivity (Wildman–Crippen MR) is 51.5 cm³/mol. The zero-order chi connectivity index (χ0) is 9.97. The smallest absolute Gasteiger partial charge is 0.265 e. The van der Waals surface area contributed by atoms with Gasteiger partial charge in [0.15, 0.2) is 0 Å². The van der Waals surface area contributed by atoms with Crippen molar-refractivity contribution in [3.63, 3.8) is 0 Å². The van der Waals surface area contributed by atoms with Crippen molar-refractivity contribution in [3.8, 4) is 0 Å².